The molecule has 2 aromatic carbocycles. The van der Waals surface area contributed by atoms with Gasteiger partial charge in [0, 0.05) is 17.1 Å². The van der Waals surface area contributed by atoms with Gasteiger partial charge >= 0.3 is 0 Å². The highest BCUT2D eigenvalue weighted by Crippen LogP contribution is 2.18. The molecule has 92 valence electrons. The van der Waals surface area contributed by atoms with Gasteiger partial charge in [0.05, 0.1) is 0 Å². The van der Waals surface area contributed by atoms with E-state index in [1.165, 1.54) is 11.1 Å². The van der Waals surface area contributed by atoms with Crippen molar-refractivity contribution < 1.29 is 0 Å². The first-order valence-electron chi connectivity index (χ1n) is 5.81. The van der Waals surface area contributed by atoms with Crippen molar-refractivity contribution in [1.82, 2.24) is 0 Å². The summed E-state index contributed by atoms with van der Waals surface area (Å²) in [6, 6.07) is 18.3. The fourth-order valence-electron chi connectivity index (χ4n) is 1.69. The molecule has 0 aromatic heterocycles. The van der Waals surface area contributed by atoms with Crippen molar-refractivity contribution >= 4 is 17.6 Å². The highest BCUT2D eigenvalue weighted by atomic mass is 32.2. The van der Waals surface area contributed by atoms with Crippen LogP contribution in [0.2, 0.25) is 0 Å². The maximum absolute atomic E-state index is 7.41. The molecule has 0 saturated carbocycles. The van der Waals surface area contributed by atoms with Crippen LogP contribution in [0, 0.1) is 5.41 Å². The van der Waals surface area contributed by atoms with E-state index in [0.717, 1.165) is 17.1 Å². The Morgan fingerprint density at radius 3 is 2.33 bits per heavy atom. The van der Waals surface area contributed by atoms with Crippen molar-refractivity contribution in [3.05, 3.63) is 71.3 Å². The fourth-order valence-corrected chi connectivity index (χ4v) is 2.64. The molecule has 0 heterocycles. The van der Waals surface area contributed by atoms with E-state index in [9.17, 15) is 0 Å². The number of nitrogens with two attached hydrogens (primary N) is 1. The molecule has 3 heteroatoms. The van der Waals surface area contributed by atoms with Crippen molar-refractivity contribution in [1.29, 1.82) is 5.41 Å². The van der Waals surface area contributed by atoms with Gasteiger partial charge in [0.25, 0.3) is 0 Å². The van der Waals surface area contributed by atoms with E-state index < -0.39 is 0 Å². The van der Waals surface area contributed by atoms with Crippen molar-refractivity contribution in [2.75, 3.05) is 0 Å². The maximum Gasteiger partial charge on any atom is 0.122 e. The third-order valence-corrected chi connectivity index (χ3v) is 3.69. The largest absolute Gasteiger partial charge is 0.384 e. The molecule has 18 heavy (non-hydrogen) atoms. The van der Waals surface area contributed by atoms with Gasteiger partial charge in [-0.2, -0.15) is 11.8 Å². The van der Waals surface area contributed by atoms with E-state index in [-0.39, 0.29) is 5.84 Å². The summed E-state index contributed by atoms with van der Waals surface area (Å²) in [5, 5.41) is 7.41. The molecule has 2 nitrogen and oxygen atoms in total. The smallest absolute Gasteiger partial charge is 0.122 e. The summed E-state index contributed by atoms with van der Waals surface area (Å²) >= 11 is 1.87. The van der Waals surface area contributed by atoms with E-state index in [1.807, 2.05) is 36.0 Å². The van der Waals surface area contributed by atoms with E-state index in [1.54, 1.807) is 0 Å². The Labute approximate surface area is 112 Å². The summed E-state index contributed by atoms with van der Waals surface area (Å²) in [6.07, 6.45) is 0. The lowest BCUT2D eigenvalue weighted by Crippen LogP contribution is -2.10. The number of hydrogen-bond acceptors (Lipinski definition) is 2. The molecular formula is C15H16N2S. The molecule has 0 unspecified atom stereocenters. The molecule has 0 aliphatic carbocycles. The monoisotopic (exact) mass is 256 g/mol. The standard InChI is InChI=1S/C15H16N2S/c16-15(17)14-8-4-7-13(9-14)11-18-10-12-5-2-1-3-6-12/h1-9H,10-11H2,(H3,16,17). The summed E-state index contributed by atoms with van der Waals surface area (Å²) < 4.78 is 0. The predicted molar refractivity (Wildman–Crippen MR) is 78.9 cm³/mol. The molecule has 2 rings (SSSR count). The molecule has 0 bridgehead atoms. The Hall–Kier alpha value is -1.74. The van der Waals surface area contributed by atoms with E-state index >= 15 is 0 Å². The minimum Gasteiger partial charge on any atom is -0.384 e. The minimum absolute atomic E-state index is 0.130. The molecule has 3 N–H and O–H groups in total. The molecule has 0 aliphatic heterocycles. The Morgan fingerprint density at radius 1 is 0.944 bits per heavy atom. The van der Waals surface area contributed by atoms with Crippen LogP contribution in [0.4, 0.5) is 0 Å². The average Bonchev–Trinajstić information content (AvgIpc) is 2.40. The number of benzene rings is 2. The lowest BCUT2D eigenvalue weighted by Gasteiger charge is -2.04. The topological polar surface area (TPSA) is 49.9 Å². The van der Waals surface area contributed by atoms with E-state index in [4.69, 9.17) is 11.1 Å². The molecule has 0 spiro atoms. The minimum atomic E-state index is 0.130. The van der Waals surface area contributed by atoms with Crippen LogP contribution in [0.1, 0.15) is 16.7 Å². The fraction of sp³-hybridized carbons (Fsp3) is 0.133. The summed E-state index contributed by atoms with van der Waals surface area (Å²) in [5.41, 5.74) is 8.83. The van der Waals surface area contributed by atoms with E-state index in [0.29, 0.717) is 0 Å². The third kappa shape index (κ3) is 3.64. The zero-order valence-corrected chi connectivity index (χ0v) is 10.9. The Balaban J connectivity index is 1.90. The first-order valence-corrected chi connectivity index (χ1v) is 6.96. The molecular weight excluding hydrogens is 240 g/mol. The van der Waals surface area contributed by atoms with Crippen molar-refractivity contribution in [2.45, 2.75) is 11.5 Å². The van der Waals surface area contributed by atoms with Crippen LogP contribution in [-0.4, -0.2) is 5.84 Å². The Bertz CT molecular complexity index is 523. The summed E-state index contributed by atoms with van der Waals surface area (Å²) in [4.78, 5) is 0. The number of hydrogen-bond donors (Lipinski definition) is 2. The van der Waals surface area contributed by atoms with Gasteiger partial charge in [-0.1, -0.05) is 48.5 Å². The van der Waals surface area contributed by atoms with Gasteiger partial charge in [0.2, 0.25) is 0 Å². The summed E-state index contributed by atoms with van der Waals surface area (Å²) in [6.45, 7) is 0. The second-order valence-electron chi connectivity index (χ2n) is 4.09. The van der Waals surface area contributed by atoms with Gasteiger partial charge in [0.1, 0.15) is 5.84 Å². The number of nitrogens with one attached hydrogen (secondary N) is 1. The number of rotatable bonds is 5. The third-order valence-electron chi connectivity index (χ3n) is 2.62. The van der Waals surface area contributed by atoms with Crippen LogP contribution in [0.15, 0.2) is 54.6 Å². The zero-order valence-electron chi connectivity index (χ0n) is 10.1. The van der Waals surface area contributed by atoms with E-state index in [2.05, 4.69) is 30.3 Å². The predicted octanol–water partition coefficient (Wildman–Crippen LogP) is 3.40. The molecule has 0 amide bonds. The van der Waals surface area contributed by atoms with Gasteiger partial charge in [-0.25, -0.2) is 0 Å². The van der Waals surface area contributed by atoms with Crippen LogP contribution in [0.25, 0.3) is 0 Å². The van der Waals surface area contributed by atoms with Crippen molar-refractivity contribution in [3.8, 4) is 0 Å². The van der Waals surface area contributed by atoms with Crippen LogP contribution in [-0.2, 0) is 11.5 Å². The highest BCUT2D eigenvalue weighted by Gasteiger charge is 1.99. The summed E-state index contributed by atoms with van der Waals surface area (Å²) in [7, 11) is 0. The lowest BCUT2D eigenvalue weighted by atomic mass is 10.1. The molecule has 0 saturated heterocycles. The molecule has 2 aromatic rings. The van der Waals surface area contributed by atoms with Gasteiger partial charge < -0.3 is 5.73 Å². The van der Waals surface area contributed by atoms with Gasteiger partial charge in [-0.15, -0.1) is 0 Å². The average molecular weight is 256 g/mol. The zero-order chi connectivity index (χ0) is 12.8. The summed E-state index contributed by atoms with van der Waals surface area (Å²) in [5.74, 6) is 2.08. The number of amidine groups is 1. The second kappa shape index (κ2) is 6.26. The first-order chi connectivity index (χ1) is 8.75. The van der Waals surface area contributed by atoms with Gasteiger partial charge in [-0.05, 0) is 17.2 Å². The lowest BCUT2D eigenvalue weighted by molar-refractivity contribution is 1.35. The first kappa shape index (κ1) is 12.7. The normalized spacial score (nSPS) is 10.2. The Morgan fingerprint density at radius 2 is 1.61 bits per heavy atom. The van der Waals surface area contributed by atoms with Crippen molar-refractivity contribution in [2.24, 2.45) is 5.73 Å². The van der Waals surface area contributed by atoms with Gasteiger partial charge in [0.15, 0.2) is 0 Å². The quantitative estimate of drug-likeness (QED) is 0.636. The molecule has 0 fully saturated rings. The van der Waals surface area contributed by atoms with Crippen LogP contribution >= 0.6 is 11.8 Å². The SMILES string of the molecule is N=C(N)c1cccc(CSCc2ccccc2)c1. The molecule has 0 aliphatic rings. The van der Waals surface area contributed by atoms with Gasteiger partial charge in [-0.3, -0.25) is 5.41 Å². The van der Waals surface area contributed by atoms with Crippen LogP contribution in [0.5, 0.6) is 0 Å². The maximum atomic E-state index is 7.41. The second-order valence-corrected chi connectivity index (χ2v) is 5.08. The Kier molecular flexibility index (Phi) is 4.42. The van der Waals surface area contributed by atoms with Crippen LogP contribution < -0.4 is 5.73 Å². The molecule has 0 radical (unpaired) electrons. The number of nitrogen functional groups attached to an aromatic ring is 1. The molecule has 0 atom stereocenters. The highest BCUT2D eigenvalue weighted by molar-refractivity contribution is 7.97. The number of thioether (sulfide) groups is 1. The van der Waals surface area contributed by atoms with Crippen molar-refractivity contribution in [3.63, 3.8) is 0 Å². The van der Waals surface area contributed by atoms with Crippen LogP contribution in [0.3, 0.4) is 0 Å².